The zero-order chi connectivity index (χ0) is 16.3. The van der Waals surface area contributed by atoms with Gasteiger partial charge in [-0.1, -0.05) is 11.6 Å². The molecule has 0 amide bonds. The van der Waals surface area contributed by atoms with Gasteiger partial charge in [-0.3, -0.25) is 8.93 Å². The molecule has 0 unspecified atom stereocenters. The van der Waals surface area contributed by atoms with Crippen LogP contribution in [0.2, 0.25) is 5.02 Å². The first-order valence-corrected chi connectivity index (χ1v) is 9.55. The first-order valence-electron chi connectivity index (χ1n) is 6.13. The first-order chi connectivity index (χ1) is 10.3. The van der Waals surface area contributed by atoms with E-state index in [0.717, 1.165) is 0 Å². The summed E-state index contributed by atoms with van der Waals surface area (Å²) in [6.07, 6.45) is 1.55. The summed E-state index contributed by atoms with van der Waals surface area (Å²) in [7, 11) is -3.42. The summed E-state index contributed by atoms with van der Waals surface area (Å²) < 4.78 is 43.3. The van der Waals surface area contributed by atoms with Crippen molar-refractivity contribution in [1.82, 2.24) is 0 Å². The highest BCUT2D eigenvalue weighted by atomic mass is 35.5. The minimum Gasteiger partial charge on any atom is -0.495 e. The summed E-state index contributed by atoms with van der Waals surface area (Å²) in [5.41, 5.74) is 0.376. The number of benzene rings is 2. The molecule has 8 heteroatoms. The van der Waals surface area contributed by atoms with Gasteiger partial charge in [0.2, 0.25) is 0 Å². The zero-order valence-electron chi connectivity index (χ0n) is 11.9. The minimum absolute atomic E-state index is 0.0291. The Kier molecular flexibility index (Phi) is 5.10. The summed E-state index contributed by atoms with van der Waals surface area (Å²) in [4.78, 5) is 0.650. The third-order valence-electron chi connectivity index (χ3n) is 2.87. The number of nitrogens with one attached hydrogen (secondary N) is 1. The van der Waals surface area contributed by atoms with Crippen molar-refractivity contribution in [2.75, 3.05) is 18.1 Å². The second-order valence-electron chi connectivity index (χ2n) is 4.38. The van der Waals surface area contributed by atoms with Crippen molar-refractivity contribution in [2.24, 2.45) is 0 Å². The Hall–Kier alpha value is -1.57. The van der Waals surface area contributed by atoms with E-state index in [1.54, 1.807) is 30.5 Å². The Balaban J connectivity index is 2.27. The standard InChI is InChI=1S/C14H14ClNO4S2/c1-20-14-8-7-12(9-13(14)15)22(18,19)16-10-3-5-11(6-4-10)21(2)17/h3-9,16H,1-2H3/t21-/m1/s1. The Morgan fingerprint density at radius 1 is 1.14 bits per heavy atom. The molecule has 0 aliphatic heterocycles. The van der Waals surface area contributed by atoms with Crippen LogP contribution in [0, 0.1) is 0 Å². The summed E-state index contributed by atoms with van der Waals surface area (Å²) >= 11 is 5.94. The van der Waals surface area contributed by atoms with Crippen LogP contribution in [0.1, 0.15) is 0 Å². The molecule has 1 atom stereocenters. The number of sulfonamides is 1. The van der Waals surface area contributed by atoms with Crippen molar-refractivity contribution >= 4 is 38.1 Å². The van der Waals surface area contributed by atoms with Crippen LogP contribution in [0.3, 0.4) is 0 Å². The van der Waals surface area contributed by atoms with Gasteiger partial charge >= 0.3 is 0 Å². The monoisotopic (exact) mass is 359 g/mol. The van der Waals surface area contributed by atoms with Crippen molar-refractivity contribution in [1.29, 1.82) is 0 Å². The number of ether oxygens (including phenoxy) is 1. The van der Waals surface area contributed by atoms with Gasteiger partial charge in [-0.15, -0.1) is 0 Å². The molecule has 22 heavy (non-hydrogen) atoms. The van der Waals surface area contributed by atoms with Gasteiger partial charge in [0.05, 0.1) is 17.0 Å². The number of anilines is 1. The number of hydrogen-bond donors (Lipinski definition) is 1. The van der Waals surface area contributed by atoms with Crippen molar-refractivity contribution in [2.45, 2.75) is 9.79 Å². The number of hydrogen-bond acceptors (Lipinski definition) is 4. The fourth-order valence-corrected chi connectivity index (χ4v) is 3.67. The number of methoxy groups -OCH3 is 1. The van der Waals surface area contributed by atoms with Crippen LogP contribution in [0.4, 0.5) is 5.69 Å². The van der Waals surface area contributed by atoms with Crippen molar-refractivity contribution in [3.8, 4) is 5.75 Å². The van der Waals surface area contributed by atoms with E-state index in [-0.39, 0.29) is 9.92 Å². The highest BCUT2D eigenvalue weighted by Gasteiger charge is 2.16. The molecule has 0 saturated carbocycles. The molecular formula is C14H14ClNO4S2. The Morgan fingerprint density at radius 3 is 2.27 bits per heavy atom. The van der Waals surface area contributed by atoms with Gasteiger partial charge in [-0.2, -0.15) is 0 Å². The maximum atomic E-state index is 12.3. The van der Waals surface area contributed by atoms with E-state index in [2.05, 4.69) is 4.72 Å². The van der Waals surface area contributed by atoms with Gasteiger partial charge in [-0.05, 0) is 42.5 Å². The highest BCUT2D eigenvalue weighted by molar-refractivity contribution is 7.92. The van der Waals surface area contributed by atoms with Gasteiger partial charge in [0.15, 0.2) is 0 Å². The molecule has 0 heterocycles. The van der Waals surface area contributed by atoms with Gasteiger partial charge in [0.25, 0.3) is 10.0 Å². The molecule has 2 aromatic carbocycles. The smallest absolute Gasteiger partial charge is 0.261 e. The quantitative estimate of drug-likeness (QED) is 0.890. The van der Waals surface area contributed by atoms with E-state index in [1.807, 2.05) is 0 Å². The lowest BCUT2D eigenvalue weighted by molar-refractivity contribution is 0.414. The Bertz CT molecular complexity index is 804. The van der Waals surface area contributed by atoms with Crippen LogP contribution < -0.4 is 9.46 Å². The van der Waals surface area contributed by atoms with E-state index in [0.29, 0.717) is 16.3 Å². The predicted octanol–water partition coefficient (Wildman–Crippen LogP) is 2.89. The summed E-state index contributed by atoms with van der Waals surface area (Å²) in [5.74, 6) is 0.399. The van der Waals surface area contributed by atoms with Gasteiger partial charge in [-0.25, -0.2) is 8.42 Å². The first kappa shape index (κ1) is 16.8. The van der Waals surface area contributed by atoms with E-state index in [9.17, 15) is 12.6 Å². The van der Waals surface area contributed by atoms with Crippen molar-refractivity contribution in [3.05, 3.63) is 47.5 Å². The van der Waals surface area contributed by atoms with Crippen LogP contribution >= 0.6 is 11.6 Å². The second-order valence-corrected chi connectivity index (χ2v) is 7.85. The molecule has 0 aliphatic carbocycles. The lowest BCUT2D eigenvalue weighted by atomic mass is 10.3. The third kappa shape index (κ3) is 3.79. The maximum absolute atomic E-state index is 12.3. The summed E-state index contributed by atoms with van der Waals surface area (Å²) in [5, 5.41) is 0.210. The number of rotatable bonds is 5. The summed E-state index contributed by atoms with van der Waals surface area (Å²) in [6, 6.07) is 10.5. The fourth-order valence-electron chi connectivity index (χ4n) is 1.74. The van der Waals surface area contributed by atoms with E-state index in [1.165, 1.54) is 25.3 Å². The fraction of sp³-hybridized carbons (Fsp3) is 0.143. The second kappa shape index (κ2) is 6.68. The van der Waals surface area contributed by atoms with Crippen LogP contribution in [0.25, 0.3) is 0 Å². The molecule has 5 nitrogen and oxygen atoms in total. The molecule has 0 radical (unpaired) electrons. The van der Waals surface area contributed by atoms with E-state index >= 15 is 0 Å². The molecule has 0 aliphatic rings. The average Bonchev–Trinajstić information content (AvgIpc) is 2.47. The van der Waals surface area contributed by atoms with Crippen molar-refractivity contribution < 1.29 is 17.4 Å². The average molecular weight is 360 g/mol. The highest BCUT2D eigenvalue weighted by Crippen LogP contribution is 2.28. The molecule has 0 aromatic heterocycles. The van der Waals surface area contributed by atoms with Crippen LogP contribution in [0.5, 0.6) is 5.75 Å². The molecular weight excluding hydrogens is 346 g/mol. The molecule has 0 fully saturated rings. The molecule has 118 valence electrons. The molecule has 2 rings (SSSR count). The normalized spacial score (nSPS) is 12.7. The van der Waals surface area contributed by atoms with Gasteiger partial charge < -0.3 is 4.74 Å². The van der Waals surface area contributed by atoms with E-state index < -0.39 is 20.8 Å². The zero-order valence-corrected chi connectivity index (χ0v) is 14.3. The molecule has 0 spiro atoms. The van der Waals surface area contributed by atoms with E-state index in [4.69, 9.17) is 16.3 Å². The van der Waals surface area contributed by atoms with Crippen LogP contribution in [0.15, 0.2) is 52.3 Å². The van der Waals surface area contributed by atoms with Gasteiger partial charge in [0, 0.05) is 27.6 Å². The third-order valence-corrected chi connectivity index (χ3v) is 5.48. The molecule has 2 aromatic rings. The maximum Gasteiger partial charge on any atom is 0.261 e. The molecule has 1 N–H and O–H groups in total. The Morgan fingerprint density at radius 2 is 1.77 bits per heavy atom. The SMILES string of the molecule is COc1ccc(S(=O)(=O)Nc2ccc([S@@](C)=O)cc2)cc1Cl. The Labute approximate surface area is 136 Å². The molecule has 0 bridgehead atoms. The minimum atomic E-state index is -3.76. The lowest BCUT2D eigenvalue weighted by Crippen LogP contribution is -2.13. The largest absolute Gasteiger partial charge is 0.495 e. The lowest BCUT2D eigenvalue weighted by Gasteiger charge is -2.10. The topological polar surface area (TPSA) is 72.5 Å². The van der Waals surface area contributed by atoms with Crippen LogP contribution in [-0.4, -0.2) is 26.0 Å². The molecule has 0 saturated heterocycles. The van der Waals surface area contributed by atoms with Gasteiger partial charge in [0.1, 0.15) is 5.75 Å². The van der Waals surface area contributed by atoms with Crippen molar-refractivity contribution in [3.63, 3.8) is 0 Å². The van der Waals surface area contributed by atoms with Crippen LogP contribution in [-0.2, 0) is 20.8 Å². The number of halogens is 1. The summed E-state index contributed by atoms with van der Waals surface area (Å²) in [6.45, 7) is 0. The predicted molar refractivity (Wildman–Crippen MR) is 87.6 cm³/mol.